The third kappa shape index (κ3) is 3.95. The third-order valence-corrected chi connectivity index (χ3v) is 3.16. The number of nitrogens with zero attached hydrogens (tertiary/aromatic N) is 3. The maximum absolute atomic E-state index is 4.34. The SMILES string of the molecule is Cc1ccc(CCCNc2nccnc2N(C)C)cc1. The van der Waals surface area contributed by atoms with E-state index in [-0.39, 0.29) is 0 Å². The molecule has 4 nitrogen and oxygen atoms in total. The lowest BCUT2D eigenvalue weighted by Crippen LogP contribution is -2.15. The van der Waals surface area contributed by atoms with E-state index in [1.807, 2.05) is 19.0 Å². The first-order valence-corrected chi connectivity index (χ1v) is 6.94. The van der Waals surface area contributed by atoms with Crippen molar-refractivity contribution in [3.05, 3.63) is 47.8 Å². The first kappa shape index (κ1) is 14.3. The second kappa shape index (κ2) is 6.89. The van der Waals surface area contributed by atoms with E-state index in [9.17, 15) is 0 Å². The highest BCUT2D eigenvalue weighted by molar-refractivity contribution is 5.59. The highest BCUT2D eigenvalue weighted by Gasteiger charge is 2.05. The van der Waals surface area contributed by atoms with Crippen LogP contribution in [0.15, 0.2) is 36.7 Å². The van der Waals surface area contributed by atoms with E-state index in [4.69, 9.17) is 0 Å². The molecule has 0 aliphatic rings. The lowest BCUT2D eigenvalue weighted by Gasteiger charge is -2.15. The summed E-state index contributed by atoms with van der Waals surface area (Å²) in [7, 11) is 3.95. The zero-order chi connectivity index (χ0) is 14.4. The summed E-state index contributed by atoms with van der Waals surface area (Å²) in [5, 5.41) is 3.36. The van der Waals surface area contributed by atoms with Gasteiger partial charge in [0, 0.05) is 33.0 Å². The molecule has 0 radical (unpaired) electrons. The Morgan fingerprint density at radius 3 is 2.45 bits per heavy atom. The maximum atomic E-state index is 4.34. The second-order valence-corrected chi connectivity index (χ2v) is 5.14. The van der Waals surface area contributed by atoms with Crippen LogP contribution in [0.5, 0.6) is 0 Å². The quantitative estimate of drug-likeness (QED) is 0.819. The number of benzene rings is 1. The van der Waals surface area contributed by atoms with E-state index >= 15 is 0 Å². The molecule has 0 saturated carbocycles. The summed E-state index contributed by atoms with van der Waals surface area (Å²) in [6, 6.07) is 8.72. The molecule has 1 aromatic heterocycles. The molecule has 0 spiro atoms. The van der Waals surface area contributed by atoms with Gasteiger partial charge >= 0.3 is 0 Å². The van der Waals surface area contributed by atoms with Crippen LogP contribution < -0.4 is 10.2 Å². The summed E-state index contributed by atoms with van der Waals surface area (Å²) in [5.74, 6) is 1.73. The zero-order valence-electron chi connectivity index (χ0n) is 12.4. The van der Waals surface area contributed by atoms with E-state index < -0.39 is 0 Å². The highest BCUT2D eigenvalue weighted by Crippen LogP contribution is 2.17. The van der Waals surface area contributed by atoms with Gasteiger partial charge in [0.1, 0.15) is 0 Å². The number of aromatic nitrogens is 2. The molecule has 0 atom stereocenters. The smallest absolute Gasteiger partial charge is 0.171 e. The number of aryl methyl sites for hydroxylation is 2. The molecule has 2 rings (SSSR count). The Morgan fingerprint density at radius 1 is 1.05 bits per heavy atom. The number of anilines is 2. The van der Waals surface area contributed by atoms with Gasteiger partial charge in [0.15, 0.2) is 11.6 Å². The lowest BCUT2D eigenvalue weighted by atomic mass is 10.1. The van der Waals surface area contributed by atoms with Gasteiger partial charge in [0.05, 0.1) is 0 Å². The number of nitrogens with one attached hydrogen (secondary N) is 1. The minimum absolute atomic E-state index is 0.849. The molecule has 1 heterocycles. The molecule has 2 aromatic rings. The average Bonchev–Trinajstić information content (AvgIpc) is 2.46. The molecular weight excluding hydrogens is 248 g/mol. The molecule has 106 valence electrons. The van der Waals surface area contributed by atoms with Crippen LogP contribution in [0.2, 0.25) is 0 Å². The van der Waals surface area contributed by atoms with Crippen molar-refractivity contribution in [2.24, 2.45) is 0 Å². The van der Waals surface area contributed by atoms with Crippen LogP contribution in [0.25, 0.3) is 0 Å². The molecule has 0 bridgehead atoms. The summed E-state index contributed by atoms with van der Waals surface area (Å²) in [4.78, 5) is 10.6. The summed E-state index contributed by atoms with van der Waals surface area (Å²) in [6.07, 6.45) is 5.58. The molecule has 0 saturated heterocycles. The van der Waals surface area contributed by atoms with E-state index in [0.29, 0.717) is 0 Å². The second-order valence-electron chi connectivity index (χ2n) is 5.14. The Hall–Kier alpha value is -2.10. The van der Waals surface area contributed by atoms with Gasteiger partial charge in [0.2, 0.25) is 0 Å². The summed E-state index contributed by atoms with van der Waals surface area (Å²) in [6.45, 7) is 3.01. The van der Waals surface area contributed by atoms with Gasteiger partial charge in [0.25, 0.3) is 0 Å². The van der Waals surface area contributed by atoms with Gasteiger partial charge in [-0.15, -0.1) is 0 Å². The van der Waals surface area contributed by atoms with Crippen LogP contribution in [0.4, 0.5) is 11.6 Å². The Labute approximate surface area is 120 Å². The van der Waals surface area contributed by atoms with Crippen molar-refractivity contribution in [3.8, 4) is 0 Å². The van der Waals surface area contributed by atoms with Gasteiger partial charge in [-0.1, -0.05) is 29.8 Å². The Bertz CT molecular complexity index is 534. The number of hydrogen-bond donors (Lipinski definition) is 1. The van der Waals surface area contributed by atoms with E-state index in [1.165, 1.54) is 11.1 Å². The van der Waals surface area contributed by atoms with Crippen molar-refractivity contribution in [1.29, 1.82) is 0 Å². The molecule has 0 aliphatic heterocycles. The monoisotopic (exact) mass is 270 g/mol. The third-order valence-electron chi connectivity index (χ3n) is 3.16. The molecule has 1 aromatic carbocycles. The van der Waals surface area contributed by atoms with Crippen LogP contribution in [0, 0.1) is 6.92 Å². The normalized spacial score (nSPS) is 10.3. The molecule has 4 heteroatoms. The van der Waals surface area contributed by atoms with Gasteiger partial charge in [-0.2, -0.15) is 0 Å². The largest absolute Gasteiger partial charge is 0.367 e. The van der Waals surface area contributed by atoms with Crippen molar-refractivity contribution in [1.82, 2.24) is 9.97 Å². The van der Waals surface area contributed by atoms with Crippen molar-refractivity contribution >= 4 is 11.6 Å². The fraction of sp³-hybridized carbons (Fsp3) is 0.375. The van der Waals surface area contributed by atoms with Crippen LogP contribution in [-0.2, 0) is 6.42 Å². The Morgan fingerprint density at radius 2 is 1.75 bits per heavy atom. The zero-order valence-corrected chi connectivity index (χ0v) is 12.4. The van der Waals surface area contributed by atoms with Gasteiger partial charge in [-0.3, -0.25) is 0 Å². The van der Waals surface area contributed by atoms with Crippen molar-refractivity contribution in [2.45, 2.75) is 19.8 Å². The molecule has 0 amide bonds. The topological polar surface area (TPSA) is 41.1 Å². The van der Waals surface area contributed by atoms with Crippen LogP contribution in [0.3, 0.4) is 0 Å². The fourth-order valence-corrected chi connectivity index (χ4v) is 2.04. The first-order chi connectivity index (χ1) is 9.66. The van der Waals surface area contributed by atoms with Crippen LogP contribution >= 0.6 is 0 Å². The van der Waals surface area contributed by atoms with Crippen LogP contribution in [0.1, 0.15) is 17.5 Å². The molecule has 0 fully saturated rings. The average molecular weight is 270 g/mol. The van der Waals surface area contributed by atoms with E-state index in [2.05, 4.69) is 46.5 Å². The highest BCUT2D eigenvalue weighted by atomic mass is 15.2. The Balaban J connectivity index is 1.83. The van der Waals surface area contributed by atoms with Gasteiger partial charge < -0.3 is 10.2 Å². The Kier molecular flexibility index (Phi) is 4.93. The summed E-state index contributed by atoms with van der Waals surface area (Å²) >= 11 is 0. The minimum atomic E-state index is 0.849. The predicted octanol–water partition coefficient (Wildman–Crippen LogP) is 2.90. The van der Waals surface area contributed by atoms with Crippen molar-refractivity contribution < 1.29 is 0 Å². The van der Waals surface area contributed by atoms with E-state index in [1.54, 1.807) is 12.4 Å². The summed E-state index contributed by atoms with van der Waals surface area (Å²) < 4.78 is 0. The summed E-state index contributed by atoms with van der Waals surface area (Å²) in [5.41, 5.74) is 2.69. The van der Waals surface area contributed by atoms with Crippen LogP contribution in [-0.4, -0.2) is 30.6 Å². The molecule has 0 unspecified atom stereocenters. The van der Waals surface area contributed by atoms with Crippen molar-refractivity contribution in [2.75, 3.05) is 30.9 Å². The standard InChI is InChI=1S/C16H22N4/c1-13-6-8-14(9-7-13)5-4-10-17-15-16(20(2)3)19-12-11-18-15/h6-9,11-12H,4-5,10H2,1-3H3,(H,17,18). The predicted molar refractivity (Wildman–Crippen MR) is 84.3 cm³/mol. The fourth-order valence-electron chi connectivity index (χ4n) is 2.04. The van der Waals surface area contributed by atoms with Gasteiger partial charge in [-0.05, 0) is 25.3 Å². The molecule has 1 N–H and O–H groups in total. The molecule has 0 aliphatic carbocycles. The lowest BCUT2D eigenvalue weighted by molar-refractivity contribution is 0.855. The van der Waals surface area contributed by atoms with Crippen molar-refractivity contribution in [3.63, 3.8) is 0 Å². The molecule has 20 heavy (non-hydrogen) atoms. The van der Waals surface area contributed by atoms with E-state index in [0.717, 1.165) is 31.0 Å². The maximum Gasteiger partial charge on any atom is 0.171 e. The first-order valence-electron chi connectivity index (χ1n) is 6.94. The van der Waals surface area contributed by atoms with Gasteiger partial charge in [-0.25, -0.2) is 9.97 Å². The number of hydrogen-bond acceptors (Lipinski definition) is 4. The molecular formula is C16H22N4. The minimum Gasteiger partial charge on any atom is -0.367 e. The number of rotatable bonds is 6.